The quantitative estimate of drug-likeness (QED) is 0.355. The van der Waals surface area contributed by atoms with Crippen molar-refractivity contribution >= 4 is 51.9 Å². The second-order valence-corrected chi connectivity index (χ2v) is 7.35. The van der Waals surface area contributed by atoms with Crippen molar-refractivity contribution in [3.63, 3.8) is 0 Å². The molecule has 0 spiro atoms. The molecule has 0 saturated heterocycles. The van der Waals surface area contributed by atoms with Crippen LogP contribution in [0.1, 0.15) is 5.69 Å². The van der Waals surface area contributed by atoms with E-state index in [1.807, 2.05) is 0 Å². The van der Waals surface area contributed by atoms with E-state index in [9.17, 15) is 9.90 Å². The Balaban J connectivity index is 1.66. The summed E-state index contributed by atoms with van der Waals surface area (Å²) >= 11 is 12.1. The monoisotopic (exact) mass is 442 g/mol. The van der Waals surface area contributed by atoms with Gasteiger partial charge in [-0.05, 0) is 42.5 Å². The first-order valence-electron chi connectivity index (χ1n) is 8.79. The lowest BCUT2D eigenvalue weighted by Crippen LogP contribution is -2.16. The first-order chi connectivity index (χ1) is 14.3. The number of halogens is 2. The highest BCUT2D eigenvalue weighted by atomic mass is 35.5. The number of hydrogen-bond donors (Lipinski definition) is 4. The lowest BCUT2D eigenvalue weighted by atomic mass is 10.1. The maximum Gasteiger partial charge on any atom is 0.230 e. The third kappa shape index (κ3) is 3.83. The number of amides is 1. The summed E-state index contributed by atoms with van der Waals surface area (Å²) in [5.74, 6) is -0.134. The first-order valence-corrected chi connectivity index (χ1v) is 9.54. The van der Waals surface area contributed by atoms with Gasteiger partial charge in [0.15, 0.2) is 5.65 Å². The molecule has 4 rings (SSSR count). The second-order valence-electron chi connectivity index (χ2n) is 6.56. The van der Waals surface area contributed by atoms with Gasteiger partial charge in [0.1, 0.15) is 16.7 Å². The van der Waals surface area contributed by atoms with E-state index >= 15 is 0 Å². The van der Waals surface area contributed by atoms with Gasteiger partial charge in [0.05, 0.1) is 34.2 Å². The van der Waals surface area contributed by atoms with E-state index < -0.39 is 0 Å². The molecule has 30 heavy (non-hydrogen) atoms. The van der Waals surface area contributed by atoms with E-state index in [1.165, 1.54) is 12.1 Å². The molecule has 0 unspecified atom stereocenters. The summed E-state index contributed by atoms with van der Waals surface area (Å²) in [6.07, 6.45) is 1.71. The average molecular weight is 443 g/mol. The minimum Gasteiger partial charge on any atom is -0.508 e. The van der Waals surface area contributed by atoms with Crippen molar-refractivity contribution in [2.75, 3.05) is 16.8 Å². The number of imidazole rings is 1. The molecule has 3 aromatic heterocycles. The molecule has 0 aliphatic carbocycles. The van der Waals surface area contributed by atoms with E-state index in [-0.39, 0.29) is 29.0 Å². The predicted octanol–water partition coefficient (Wildman–Crippen LogP) is 3.75. The number of carbonyl (C=O) groups excluding carboxylic acids is 1. The molecule has 0 saturated carbocycles. The van der Waals surface area contributed by atoms with Crippen LogP contribution in [0.2, 0.25) is 10.2 Å². The Morgan fingerprint density at radius 1 is 1.10 bits per heavy atom. The zero-order chi connectivity index (χ0) is 21.4. The number of benzene rings is 1. The van der Waals surface area contributed by atoms with Crippen molar-refractivity contribution in [3.8, 4) is 17.0 Å². The van der Waals surface area contributed by atoms with E-state index in [4.69, 9.17) is 34.7 Å². The highest BCUT2D eigenvalue weighted by Gasteiger charge is 2.15. The minimum absolute atomic E-state index is 0.00800. The van der Waals surface area contributed by atoms with Crippen LogP contribution in [0, 0.1) is 0 Å². The van der Waals surface area contributed by atoms with Crippen molar-refractivity contribution < 1.29 is 9.90 Å². The fourth-order valence-corrected chi connectivity index (χ4v) is 3.50. The smallest absolute Gasteiger partial charge is 0.230 e. The van der Waals surface area contributed by atoms with Crippen molar-refractivity contribution in [2.24, 2.45) is 0 Å². The number of phenolic OH excluding ortho intramolecular Hbond substituents is 1. The van der Waals surface area contributed by atoms with Crippen molar-refractivity contribution in [2.45, 2.75) is 6.42 Å². The fraction of sp³-hybridized carbons (Fsp3) is 0.0500. The number of aromatic hydroxyl groups is 1. The van der Waals surface area contributed by atoms with Crippen LogP contribution < -0.4 is 16.8 Å². The lowest BCUT2D eigenvalue weighted by Gasteiger charge is -2.09. The summed E-state index contributed by atoms with van der Waals surface area (Å²) in [7, 11) is 0. The van der Waals surface area contributed by atoms with Gasteiger partial charge in [-0.2, -0.15) is 0 Å². The molecule has 6 N–H and O–H groups in total. The van der Waals surface area contributed by atoms with Gasteiger partial charge in [0, 0.05) is 11.8 Å². The van der Waals surface area contributed by atoms with E-state index in [1.54, 1.807) is 40.9 Å². The largest absolute Gasteiger partial charge is 0.508 e. The number of rotatable bonds is 4. The van der Waals surface area contributed by atoms with Gasteiger partial charge in [-0.25, -0.2) is 9.97 Å². The van der Waals surface area contributed by atoms with Gasteiger partial charge >= 0.3 is 0 Å². The molecule has 1 amide bonds. The standard InChI is InChI=1S/C20H16Cl2N6O2/c21-13-8-11(29)1-2-12(13)16-5-3-14(23)20-25-10(9-28(16)20)7-18(30)26-15-4-6-17(22)27-19(15)24/h1-6,8-9,29H,7,23H2,(H2,24,27)(H,26,30). The van der Waals surface area contributed by atoms with Gasteiger partial charge in [0.2, 0.25) is 5.91 Å². The van der Waals surface area contributed by atoms with Gasteiger partial charge in [0.25, 0.3) is 0 Å². The first kappa shape index (κ1) is 19.8. The maximum absolute atomic E-state index is 12.5. The number of nitrogens with one attached hydrogen (secondary N) is 1. The molecular weight excluding hydrogens is 427 g/mol. The van der Waals surface area contributed by atoms with Gasteiger partial charge in [-0.1, -0.05) is 23.2 Å². The van der Waals surface area contributed by atoms with E-state index in [2.05, 4.69) is 15.3 Å². The van der Waals surface area contributed by atoms with Crippen LogP contribution >= 0.6 is 23.2 Å². The van der Waals surface area contributed by atoms with Crippen LogP contribution in [0.5, 0.6) is 5.75 Å². The molecule has 0 bridgehead atoms. The van der Waals surface area contributed by atoms with E-state index in [0.29, 0.717) is 33.3 Å². The van der Waals surface area contributed by atoms with Gasteiger partial charge < -0.3 is 21.9 Å². The topological polar surface area (TPSA) is 132 Å². The second kappa shape index (κ2) is 7.74. The minimum atomic E-state index is -0.322. The summed E-state index contributed by atoms with van der Waals surface area (Å²) in [5, 5.41) is 12.9. The number of nitrogens with zero attached hydrogens (tertiary/aromatic N) is 3. The SMILES string of the molecule is Nc1nc(Cl)ccc1NC(=O)Cc1cn2c(-c3ccc(O)cc3Cl)ccc(N)c2n1. The molecule has 1 aromatic carbocycles. The van der Waals surface area contributed by atoms with Crippen molar-refractivity contribution in [3.05, 3.63) is 64.5 Å². The maximum atomic E-state index is 12.5. The predicted molar refractivity (Wildman–Crippen MR) is 118 cm³/mol. The fourth-order valence-electron chi connectivity index (χ4n) is 3.07. The average Bonchev–Trinajstić information content (AvgIpc) is 3.09. The molecular formula is C20H16Cl2N6O2. The Kier molecular flexibility index (Phi) is 5.11. The Labute approximate surface area is 181 Å². The Morgan fingerprint density at radius 3 is 2.63 bits per heavy atom. The number of carbonyl (C=O) groups is 1. The number of pyridine rings is 2. The zero-order valence-corrected chi connectivity index (χ0v) is 16.9. The van der Waals surface area contributed by atoms with Crippen molar-refractivity contribution in [1.29, 1.82) is 0 Å². The van der Waals surface area contributed by atoms with Gasteiger partial charge in [-0.3, -0.25) is 9.20 Å². The number of nitrogens with two attached hydrogens (primary N) is 2. The normalized spacial score (nSPS) is 11.0. The Bertz CT molecular complexity index is 1290. The third-order valence-electron chi connectivity index (χ3n) is 4.43. The van der Waals surface area contributed by atoms with Crippen LogP contribution in [-0.4, -0.2) is 25.4 Å². The van der Waals surface area contributed by atoms with Crippen LogP contribution in [0.15, 0.2) is 48.7 Å². The molecule has 152 valence electrons. The van der Waals surface area contributed by atoms with Crippen LogP contribution in [0.4, 0.5) is 17.2 Å². The zero-order valence-electron chi connectivity index (χ0n) is 15.4. The molecule has 4 aromatic rings. The molecule has 0 fully saturated rings. The molecule has 0 aliphatic heterocycles. The summed E-state index contributed by atoms with van der Waals surface area (Å²) in [6, 6.07) is 11.3. The Hall–Kier alpha value is -3.49. The van der Waals surface area contributed by atoms with E-state index in [0.717, 1.165) is 5.69 Å². The summed E-state index contributed by atoms with van der Waals surface area (Å²) in [4.78, 5) is 20.9. The summed E-state index contributed by atoms with van der Waals surface area (Å²) < 4.78 is 1.76. The highest BCUT2D eigenvalue weighted by molar-refractivity contribution is 6.33. The molecule has 8 nitrogen and oxygen atoms in total. The molecule has 0 radical (unpaired) electrons. The van der Waals surface area contributed by atoms with Gasteiger partial charge in [-0.15, -0.1) is 0 Å². The summed E-state index contributed by atoms with van der Waals surface area (Å²) in [5.41, 5.74) is 15.1. The number of aromatic nitrogens is 3. The summed E-state index contributed by atoms with van der Waals surface area (Å²) in [6.45, 7) is 0. The number of hydrogen-bond acceptors (Lipinski definition) is 6. The number of phenols is 1. The molecule has 3 heterocycles. The van der Waals surface area contributed by atoms with Crippen LogP contribution in [0.25, 0.3) is 16.9 Å². The van der Waals surface area contributed by atoms with Crippen LogP contribution in [-0.2, 0) is 11.2 Å². The molecule has 10 heteroatoms. The molecule has 0 aliphatic rings. The molecule has 0 atom stereocenters. The lowest BCUT2D eigenvalue weighted by molar-refractivity contribution is -0.115. The number of anilines is 3. The number of fused-ring (bicyclic) bond motifs is 1. The number of nitrogen functional groups attached to an aromatic ring is 2. The Morgan fingerprint density at radius 2 is 1.90 bits per heavy atom. The highest BCUT2D eigenvalue weighted by Crippen LogP contribution is 2.32. The van der Waals surface area contributed by atoms with Crippen molar-refractivity contribution in [1.82, 2.24) is 14.4 Å². The third-order valence-corrected chi connectivity index (χ3v) is 4.95. The van der Waals surface area contributed by atoms with Crippen LogP contribution in [0.3, 0.4) is 0 Å².